The van der Waals surface area contributed by atoms with Crippen LogP contribution in [0.5, 0.6) is 0 Å². The highest BCUT2D eigenvalue weighted by molar-refractivity contribution is 7.89. The van der Waals surface area contributed by atoms with Crippen LogP contribution in [-0.2, 0) is 10.0 Å². The van der Waals surface area contributed by atoms with Gasteiger partial charge < -0.3 is 0 Å². The minimum Gasteiger partial charge on any atom is -0.207 e. The molecule has 90 valence electrons. The van der Waals surface area contributed by atoms with Crippen molar-refractivity contribution in [2.24, 2.45) is 0 Å². The molecule has 0 aliphatic carbocycles. The molecule has 0 spiro atoms. The van der Waals surface area contributed by atoms with Crippen LogP contribution in [0.15, 0.2) is 29.2 Å². The molecule has 1 atom stereocenters. The van der Waals surface area contributed by atoms with Crippen LogP contribution in [0.1, 0.15) is 13.3 Å². The van der Waals surface area contributed by atoms with Crippen LogP contribution in [0.25, 0.3) is 0 Å². The van der Waals surface area contributed by atoms with E-state index in [1.165, 1.54) is 12.1 Å². The third kappa shape index (κ3) is 3.63. The van der Waals surface area contributed by atoms with Gasteiger partial charge in [-0.2, -0.15) is 0 Å². The van der Waals surface area contributed by atoms with E-state index in [1.54, 1.807) is 12.1 Å². The first-order chi connectivity index (χ1) is 7.49. The standard InChI is InChI=1S/C10H13Cl2NO2S/c1-2-9(7-11)13-16(14,15)10-5-3-4-8(12)6-10/h3-6,9,13H,2,7H2,1H3. The van der Waals surface area contributed by atoms with Gasteiger partial charge in [0.2, 0.25) is 10.0 Å². The van der Waals surface area contributed by atoms with E-state index < -0.39 is 10.0 Å². The highest BCUT2D eigenvalue weighted by atomic mass is 35.5. The highest BCUT2D eigenvalue weighted by Gasteiger charge is 2.18. The zero-order valence-electron chi connectivity index (χ0n) is 8.78. The molecule has 1 rings (SSSR count). The van der Waals surface area contributed by atoms with Crippen molar-refractivity contribution >= 4 is 33.2 Å². The molecule has 0 saturated heterocycles. The largest absolute Gasteiger partial charge is 0.240 e. The predicted octanol–water partition coefficient (Wildman–Crippen LogP) is 2.64. The molecule has 0 saturated carbocycles. The lowest BCUT2D eigenvalue weighted by Crippen LogP contribution is -2.35. The average Bonchev–Trinajstić information content (AvgIpc) is 2.26. The Morgan fingerprint density at radius 2 is 2.12 bits per heavy atom. The molecule has 0 bridgehead atoms. The summed E-state index contributed by atoms with van der Waals surface area (Å²) in [7, 11) is -3.53. The Kier molecular flexibility index (Phi) is 5.05. The fraction of sp³-hybridized carbons (Fsp3) is 0.400. The Morgan fingerprint density at radius 1 is 1.44 bits per heavy atom. The quantitative estimate of drug-likeness (QED) is 0.844. The molecule has 1 aromatic rings. The number of halogens is 2. The summed E-state index contributed by atoms with van der Waals surface area (Å²) in [5.74, 6) is 0.246. The molecule has 0 amide bonds. The van der Waals surface area contributed by atoms with E-state index in [4.69, 9.17) is 23.2 Å². The van der Waals surface area contributed by atoms with Crippen molar-refractivity contribution in [3.8, 4) is 0 Å². The molecule has 0 aromatic heterocycles. The van der Waals surface area contributed by atoms with Gasteiger partial charge in [0, 0.05) is 16.9 Å². The maximum Gasteiger partial charge on any atom is 0.240 e. The van der Waals surface area contributed by atoms with Crippen LogP contribution in [0, 0.1) is 0 Å². The number of hydrogen-bond donors (Lipinski definition) is 1. The van der Waals surface area contributed by atoms with Crippen LogP contribution in [0.2, 0.25) is 5.02 Å². The lowest BCUT2D eigenvalue weighted by atomic mass is 10.3. The maximum atomic E-state index is 11.9. The number of nitrogens with one attached hydrogen (secondary N) is 1. The lowest BCUT2D eigenvalue weighted by molar-refractivity contribution is 0.557. The molecule has 3 nitrogen and oxygen atoms in total. The molecule has 0 radical (unpaired) electrons. The zero-order valence-corrected chi connectivity index (χ0v) is 11.1. The first-order valence-electron chi connectivity index (χ1n) is 4.83. The Hall–Kier alpha value is -0.290. The topological polar surface area (TPSA) is 46.2 Å². The first kappa shape index (κ1) is 13.8. The Balaban J connectivity index is 2.94. The SMILES string of the molecule is CCC(CCl)NS(=O)(=O)c1cccc(Cl)c1. The maximum absolute atomic E-state index is 11.9. The zero-order chi connectivity index (χ0) is 12.2. The number of rotatable bonds is 5. The second-order valence-electron chi connectivity index (χ2n) is 3.34. The third-order valence-electron chi connectivity index (χ3n) is 2.11. The summed E-state index contributed by atoms with van der Waals surface area (Å²) < 4.78 is 26.3. The summed E-state index contributed by atoms with van der Waals surface area (Å²) >= 11 is 11.4. The fourth-order valence-electron chi connectivity index (χ4n) is 1.15. The predicted molar refractivity (Wildman–Crippen MR) is 66.6 cm³/mol. The smallest absolute Gasteiger partial charge is 0.207 e. The van der Waals surface area contributed by atoms with Crippen LogP contribution in [0.4, 0.5) is 0 Å². The summed E-state index contributed by atoms with van der Waals surface area (Å²) in [6, 6.07) is 5.86. The van der Waals surface area contributed by atoms with Crippen LogP contribution < -0.4 is 4.72 Å². The van der Waals surface area contributed by atoms with Crippen molar-refractivity contribution in [2.75, 3.05) is 5.88 Å². The Bertz CT molecular complexity index is 444. The summed E-state index contributed by atoms with van der Waals surface area (Å²) in [6.45, 7) is 1.87. The molecule has 6 heteroatoms. The number of hydrogen-bond acceptors (Lipinski definition) is 2. The third-order valence-corrected chi connectivity index (χ3v) is 4.23. The first-order valence-corrected chi connectivity index (χ1v) is 7.23. The van der Waals surface area contributed by atoms with Gasteiger partial charge in [0.05, 0.1) is 4.90 Å². The summed E-state index contributed by atoms with van der Waals surface area (Å²) in [5.41, 5.74) is 0. The van der Waals surface area contributed by atoms with Crippen LogP contribution >= 0.6 is 23.2 Å². The van der Waals surface area contributed by atoms with E-state index in [1.807, 2.05) is 6.92 Å². The van der Waals surface area contributed by atoms with E-state index in [-0.39, 0.29) is 16.8 Å². The van der Waals surface area contributed by atoms with Crippen molar-refractivity contribution in [3.63, 3.8) is 0 Å². The van der Waals surface area contributed by atoms with Crippen molar-refractivity contribution in [1.29, 1.82) is 0 Å². The molecule has 1 N–H and O–H groups in total. The number of sulfonamides is 1. The van der Waals surface area contributed by atoms with Gasteiger partial charge in [-0.1, -0.05) is 24.6 Å². The number of alkyl halides is 1. The van der Waals surface area contributed by atoms with Gasteiger partial charge in [-0.25, -0.2) is 13.1 Å². The fourth-order valence-corrected chi connectivity index (χ4v) is 3.15. The molecule has 0 fully saturated rings. The lowest BCUT2D eigenvalue weighted by Gasteiger charge is -2.14. The molecule has 0 aliphatic rings. The number of benzene rings is 1. The van der Waals surface area contributed by atoms with Crippen molar-refractivity contribution in [1.82, 2.24) is 4.72 Å². The minimum absolute atomic E-state index is 0.156. The van der Waals surface area contributed by atoms with Crippen LogP contribution in [0.3, 0.4) is 0 Å². The molecule has 1 aromatic carbocycles. The normalized spacial score (nSPS) is 13.7. The van der Waals surface area contributed by atoms with Gasteiger partial charge >= 0.3 is 0 Å². The summed E-state index contributed by atoms with van der Waals surface area (Å²) in [5, 5.41) is 0.391. The van der Waals surface area contributed by atoms with Crippen molar-refractivity contribution in [2.45, 2.75) is 24.3 Å². The van der Waals surface area contributed by atoms with E-state index in [0.29, 0.717) is 11.4 Å². The van der Waals surface area contributed by atoms with Gasteiger partial charge in [0.15, 0.2) is 0 Å². The van der Waals surface area contributed by atoms with Gasteiger partial charge in [0.25, 0.3) is 0 Å². The van der Waals surface area contributed by atoms with E-state index >= 15 is 0 Å². The molecular formula is C10H13Cl2NO2S. The summed E-state index contributed by atoms with van der Waals surface area (Å²) in [4.78, 5) is 0.156. The molecule has 0 aliphatic heterocycles. The van der Waals surface area contributed by atoms with Gasteiger partial charge in [-0.15, -0.1) is 11.6 Å². The van der Waals surface area contributed by atoms with Crippen molar-refractivity contribution in [3.05, 3.63) is 29.3 Å². The Morgan fingerprint density at radius 3 is 2.62 bits per heavy atom. The van der Waals surface area contributed by atoms with E-state index in [9.17, 15) is 8.42 Å². The molecule has 0 heterocycles. The average molecular weight is 282 g/mol. The van der Waals surface area contributed by atoms with Crippen LogP contribution in [-0.4, -0.2) is 20.3 Å². The van der Waals surface area contributed by atoms with Gasteiger partial charge in [0.1, 0.15) is 0 Å². The molecule has 16 heavy (non-hydrogen) atoms. The Labute approximate surface area is 106 Å². The second kappa shape index (κ2) is 5.87. The second-order valence-corrected chi connectivity index (χ2v) is 5.80. The monoisotopic (exact) mass is 281 g/mol. The minimum atomic E-state index is -3.53. The summed E-state index contributed by atoms with van der Waals surface area (Å²) in [6.07, 6.45) is 0.642. The molecule has 1 unspecified atom stereocenters. The van der Waals surface area contributed by atoms with Gasteiger partial charge in [-0.05, 0) is 24.6 Å². The highest BCUT2D eigenvalue weighted by Crippen LogP contribution is 2.16. The van der Waals surface area contributed by atoms with Gasteiger partial charge in [-0.3, -0.25) is 0 Å². The molecular weight excluding hydrogens is 269 g/mol. The van der Waals surface area contributed by atoms with Crippen molar-refractivity contribution < 1.29 is 8.42 Å². The van der Waals surface area contributed by atoms with E-state index in [2.05, 4.69) is 4.72 Å². The van der Waals surface area contributed by atoms with E-state index in [0.717, 1.165) is 0 Å².